The van der Waals surface area contributed by atoms with Gasteiger partial charge in [-0.2, -0.15) is 0 Å². The van der Waals surface area contributed by atoms with Crippen molar-refractivity contribution in [2.45, 2.75) is 32.1 Å². The van der Waals surface area contributed by atoms with Gasteiger partial charge in [0.25, 0.3) is 0 Å². The molecule has 0 aliphatic heterocycles. The highest BCUT2D eigenvalue weighted by atomic mass is 79.9. The quantitative estimate of drug-likeness (QED) is 0.601. The van der Waals surface area contributed by atoms with E-state index in [1.165, 1.54) is 11.1 Å². The Hall–Kier alpha value is -0.530. The predicted octanol–water partition coefficient (Wildman–Crippen LogP) is 5.82. The van der Waals surface area contributed by atoms with Crippen molar-refractivity contribution >= 4 is 27.5 Å². The Morgan fingerprint density at radius 1 is 1.29 bits per heavy atom. The molecule has 0 aromatic heterocycles. The normalized spacial score (nSPS) is 11.3. The molecule has 0 heterocycles. The fraction of sp³-hybridized carbons (Fsp3) is 0.333. The maximum absolute atomic E-state index is 6.36. The van der Waals surface area contributed by atoms with Gasteiger partial charge in [-0.05, 0) is 37.0 Å². The molecule has 0 aliphatic carbocycles. The molecule has 92 valence electrons. The zero-order chi connectivity index (χ0) is 13.1. The van der Waals surface area contributed by atoms with Crippen LogP contribution in [-0.4, -0.2) is 0 Å². The molecule has 0 aliphatic rings. The van der Waals surface area contributed by atoms with Gasteiger partial charge in [0, 0.05) is 14.9 Å². The van der Waals surface area contributed by atoms with Crippen LogP contribution in [0.4, 0.5) is 0 Å². The summed E-state index contributed by atoms with van der Waals surface area (Å²) in [5.41, 5.74) is 2.34. The molecule has 0 saturated heterocycles. The molecular weight excluding hydrogens is 296 g/mol. The summed E-state index contributed by atoms with van der Waals surface area (Å²) in [6.45, 7) is 11.9. The largest absolute Gasteiger partial charge is 0.103 e. The van der Waals surface area contributed by atoms with Gasteiger partial charge < -0.3 is 0 Å². The predicted molar refractivity (Wildman–Crippen MR) is 80.9 cm³/mol. The molecule has 0 amide bonds. The molecule has 1 aromatic carbocycles. The Balaban J connectivity index is 3.32. The number of rotatable bonds is 5. The number of hydrogen-bond donors (Lipinski definition) is 0. The van der Waals surface area contributed by atoms with Gasteiger partial charge in [0.1, 0.15) is 0 Å². The second kappa shape index (κ2) is 5.88. The standard InChI is InChI=1S/C15H18BrCl/c1-5-7-15(4,8-6-2)12-9-11(3)13(16)10-14(12)17/h5-6,9-10H,1-2,7-8H2,3-4H3. The third kappa shape index (κ3) is 3.23. The lowest BCUT2D eigenvalue weighted by molar-refractivity contribution is 0.485. The van der Waals surface area contributed by atoms with Crippen LogP contribution in [0.2, 0.25) is 5.02 Å². The van der Waals surface area contributed by atoms with Gasteiger partial charge in [-0.1, -0.05) is 52.7 Å². The topological polar surface area (TPSA) is 0 Å². The third-order valence-electron chi connectivity index (χ3n) is 3.09. The van der Waals surface area contributed by atoms with Gasteiger partial charge in [0.2, 0.25) is 0 Å². The van der Waals surface area contributed by atoms with Gasteiger partial charge in [-0.15, -0.1) is 13.2 Å². The first kappa shape index (κ1) is 14.5. The van der Waals surface area contributed by atoms with Crippen LogP contribution in [0.3, 0.4) is 0 Å². The molecule has 0 saturated carbocycles. The molecule has 0 unspecified atom stereocenters. The molecule has 1 rings (SSSR count). The zero-order valence-electron chi connectivity index (χ0n) is 10.4. The lowest BCUT2D eigenvalue weighted by atomic mass is 9.76. The Morgan fingerprint density at radius 2 is 1.82 bits per heavy atom. The lowest BCUT2D eigenvalue weighted by Gasteiger charge is -2.29. The van der Waals surface area contributed by atoms with Gasteiger partial charge >= 0.3 is 0 Å². The maximum atomic E-state index is 6.36. The highest BCUT2D eigenvalue weighted by molar-refractivity contribution is 9.10. The van der Waals surface area contributed by atoms with E-state index in [2.05, 4.69) is 49.0 Å². The summed E-state index contributed by atoms with van der Waals surface area (Å²) in [5, 5.41) is 0.800. The first-order chi connectivity index (χ1) is 7.94. The van der Waals surface area contributed by atoms with Crippen LogP contribution in [0.1, 0.15) is 30.9 Å². The van der Waals surface area contributed by atoms with Crippen molar-refractivity contribution in [2.75, 3.05) is 0 Å². The molecule has 17 heavy (non-hydrogen) atoms. The van der Waals surface area contributed by atoms with E-state index in [1.807, 2.05) is 18.2 Å². The summed E-state index contributed by atoms with van der Waals surface area (Å²) in [5.74, 6) is 0. The van der Waals surface area contributed by atoms with Crippen molar-refractivity contribution < 1.29 is 0 Å². The van der Waals surface area contributed by atoms with E-state index >= 15 is 0 Å². The number of halogens is 2. The summed E-state index contributed by atoms with van der Waals surface area (Å²) >= 11 is 9.86. The van der Waals surface area contributed by atoms with Crippen molar-refractivity contribution in [2.24, 2.45) is 0 Å². The Kier molecular flexibility index (Phi) is 5.03. The van der Waals surface area contributed by atoms with E-state index in [-0.39, 0.29) is 5.41 Å². The highest BCUT2D eigenvalue weighted by Crippen LogP contribution is 2.38. The Bertz CT molecular complexity index is 425. The van der Waals surface area contributed by atoms with Crippen LogP contribution in [-0.2, 0) is 5.41 Å². The van der Waals surface area contributed by atoms with Gasteiger partial charge in [0.15, 0.2) is 0 Å². The number of benzene rings is 1. The first-order valence-corrected chi connectivity index (χ1v) is 6.79. The monoisotopic (exact) mass is 312 g/mol. The summed E-state index contributed by atoms with van der Waals surface area (Å²) in [7, 11) is 0. The second-order valence-electron chi connectivity index (χ2n) is 4.63. The summed E-state index contributed by atoms with van der Waals surface area (Å²) < 4.78 is 1.05. The molecule has 0 radical (unpaired) electrons. The average molecular weight is 314 g/mol. The lowest BCUT2D eigenvalue weighted by Crippen LogP contribution is -2.21. The maximum Gasteiger partial charge on any atom is 0.0455 e. The van der Waals surface area contributed by atoms with E-state index in [4.69, 9.17) is 11.6 Å². The van der Waals surface area contributed by atoms with Gasteiger partial charge in [-0.3, -0.25) is 0 Å². The zero-order valence-corrected chi connectivity index (χ0v) is 12.7. The fourth-order valence-electron chi connectivity index (χ4n) is 2.06. The molecule has 0 N–H and O–H groups in total. The molecule has 0 fully saturated rings. The molecule has 1 aromatic rings. The van der Waals surface area contributed by atoms with Crippen molar-refractivity contribution in [3.05, 3.63) is 58.1 Å². The van der Waals surface area contributed by atoms with Crippen LogP contribution < -0.4 is 0 Å². The van der Waals surface area contributed by atoms with Gasteiger partial charge in [-0.25, -0.2) is 0 Å². The first-order valence-electron chi connectivity index (χ1n) is 5.62. The van der Waals surface area contributed by atoms with E-state index < -0.39 is 0 Å². The average Bonchev–Trinajstić information content (AvgIpc) is 2.24. The van der Waals surface area contributed by atoms with Crippen LogP contribution in [0.15, 0.2) is 41.9 Å². The van der Waals surface area contributed by atoms with E-state index in [0.717, 1.165) is 22.3 Å². The highest BCUT2D eigenvalue weighted by Gasteiger charge is 2.26. The van der Waals surface area contributed by atoms with Crippen LogP contribution in [0.25, 0.3) is 0 Å². The number of aryl methyl sites for hydroxylation is 1. The summed E-state index contributed by atoms with van der Waals surface area (Å²) in [4.78, 5) is 0. The van der Waals surface area contributed by atoms with Crippen LogP contribution >= 0.6 is 27.5 Å². The van der Waals surface area contributed by atoms with Crippen molar-refractivity contribution in [3.8, 4) is 0 Å². The number of hydrogen-bond acceptors (Lipinski definition) is 0. The minimum Gasteiger partial charge on any atom is -0.103 e. The summed E-state index contributed by atoms with van der Waals surface area (Å²) in [6, 6.07) is 4.12. The van der Waals surface area contributed by atoms with Crippen molar-refractivity contribution in [1.29, 1.82) is 0 Å². The molecule has 0 nitrogen and oxygen atoms in total. The van der Waals surface area contributed by atoms with Crippen molar-refractivity contribution in [1.82, 2.24) is 0 Å². The molecule has 0 atom stereocenters. The Morgan fingerprint density at radius 3 is 2.29 bits per heavy atom. The molecule has 0 spiro atoms. The molecular formula is C15H18BrCl. The van der Waals surface area contributed by atoms with Crippen LogP contribution in [0, 0.1) is 6.92 Å². The van der Waals surface area contributed by atoms with E-state index in [0.29, 0.717) is 0 Å². The van der Waals surface area contributed by atoms with E-state index in [9.17, 15) is 0 Å². The minimum absolute atomic E-state index is 0.0218. The van der Waals surface area contributed by atoms with Crippen molar-refractivity contribution in [3.63, 3.8) is 0 Å². The second-order valence-corrected chi connectivity index (χ2v) is 5.89. The third-order valence-corrected chi connectivity index (χ3v) is 4.26. The summed E-state index contributed by atoms with van der Waals surface area (Å²) in [6.07, 6.45) is 5.66. The SMILES string of the molecule is C=CCC(C)(CC=C)c1cc(C)c(Br)cc1Cl. The van der Waals surface area contributed by atoms with E-state index in [1.54, 1.807) is 0 Å². The van der Waals surface area contributed by atoms with Gasteiger partial charge in [0.05, 0.1) is 0 Å². The Labute approximate surface area is 118 Å². The molecule has 0 bridgehead atoms. The van der Waals surface area contributed by atoms with Crippen LogP contribution in [0.5, 0.6) is 0 Å². The number of allylic oxidation sites excluding steroid dienone is 2. The smallest absolute Gasteiger partial charge is 0.0455 e. The fourth-order valence-corrected chi connectivity index (χ4v) is 2.93. The minimum atomic E-state index is -0.0218. The molecule has 2 heteroatoms.